The number of rotatable bonds is 3. The number of amides is 2. The maximum Gasteiger partial charge on any atom is 0.410 e. The Hall–Kier alpha value is -1.50. The largest absolute Gasteiger partial charge is 0.450 e. The number of piperidine rings is 1. The highest BCUT2D eigenvalue weighted by Gasteiger charge is 2.51. The quantitative estimate of drug-likeness (QED) is 0.768. The molecular formula is C19H31N3O4. The zero-order chi connectivity index (χ0) is 18.1. The molecule has 0 aromatic carbocycles. The van der Waals surface area contributed by atoms with E-state index in [1.807, 2.05) is 16.7 Å². The molecule has 4 aliphatic rings. The molecule has 1 spiro atoms. The summed E-state index contributed by atoms with van der Waals surface area (Å²) in [5.74, 6) is 0. The second-order valence-electron chi connectivity index (χ2n) is 8.36. The average Bonchev–Trinajstić information content (AvgIpc) is 3.07. The minimum absolute atomic E-state index is 0.123. The van der Waals surface area contributed by atoms with Crippen LogP contribution < -0.4 is 0 Å². The third-order valence-electron chi connectivity index (χ3n) is 6.76. The third-order valence-corrected chi connectivity index (χ3v) is 6.76. The molecule has 1 saturated carbocycles. The van der Waals surface area contributed by atoms with Gasteiger partial charge in [-0.05, 0) is 50.9 Å². The molecule has 3 aliphatic heterocycles. The van der Waals surface area contributed by atoms with Crippen molar-refractivity contribution >= 4 is 12.2 Å². The normalized spacial score (nSPS) is 33.3. The minimum atomic E-state index is -0.151. The van der Waals surface area contributed by atoms with Crippen LogP contribution in [-0.2, 0) is 9.47 Å². The van der Waals surface area contributed by atoms with E-state index < -0.39 is 0 Å². The molecule has 3 saturated heterocycles. The van der Waals surface area contributed by atoms with Gasteiger partial charge in [0.25, 0.3) is 0 Å². The predicted octanol–water partition coefficient (Wildman–Crippen LogP) is 2.30. The summed E-state index contributed by atoms with van der Waals surface area (Å²) in [6.45, 7) is 7.55. The molecule has 0 bridgehead atoms. The maximum atomic E-state index is 11.9. The molecule has 0 unspecified atom stereocenters. The van der Waals surface area contributed by atoms with Gasteiger partial charge in [0.15, 0.2) is 0 Å². The van der Waals surface area contributed by atoms with Crippen LogP contribution >= 0.6 is 0 Å². The summed E-state index contributed by atoms with van der Waals surface area (Å²) in [7, 11) is 0. The van der Waals surface area contributed by atoms with Crippen LogP contribution in [0.2, 0.25) is 0 Å². The summed E-state index contributed by atoms with van der Waals surface area (Å²) in [5.41, 5.74) is 0.324. The van der Waals surface area contributed by atoms with Crippen LogP contribution in [0.5, 0.6) is 0 Å². The molecule has 146 valence electrons. The molecule has 4 fully saturated rings. The zero-order valence-corrected chi connectivity index (χ0v) is 15.8. The smallest absolute Gasteiger partial charge is 0.410 e. The van der Waals surface area contributed by atoms with E-state index >= 15 is 0 Å². The van der Waals surface area contributed by atoms with Crippen molar-refractivity contribution in [3.63, 3.8) is 0 Å². The summed E-state index contributed by atoms with van der Waals surface area (Å²) in [6.07, 6.45) is 6.27. The first-order chi connectivity index (χ1) is 12.6. The lowest BCUT2D eigenvalue weighted by Gasteiger charge is -2.52. The van der Waals surface area contributed by atoms with E-state index in [0.29, 0.717) is 30.7 Å². The van der Waals surface area contributed by atoms with E-state index in [-0.39, 0.29) is 12.2 Å². The van der Waals surface area contributed by atoms with Crippen LogP contribution in [0.1, 0.15) is 45.4 Å². The summed E-state index contributed by atoms with van der Waals surface area (Å²) in [5, 5.41) is 0. The Morgan fingerprint density at radius 1 is 1.19 bits per heavy atom. The lowest BCUT2D eigenvalue weighted by molar-refractivity contribution is -0.0200. The molecule has 3 heterocycles. The van der Waals surface area contributed by atoms with Crippen LogP contribution in [0.3, 0.4) is 0 Å². The summed E-state index contributed by atoms with van der Waals surface area (Å²) >= 11 is 0. The van der Waals surface area contributed by atoms with Gasteiger partial charge >= 0.3 is 12.2 Å². The molecule has 0 atom stereocenters. The first-order valence-electron chi connectivity index (χ1n) is 10.2. The second-order valence-corrected chi connectivity index (χ2v) is 8.36. The van der Waals surface area contributed by atoms with E-state index in [2.05, 4.69) is 4.90 Å². The van der Waals surface area contributed by atoms with Crippen LogP contribution in [0.4, 0.5) is 9.59 Å². The lowest BCUT2D eigenvalue weighted by Crippen LogP contribution is -2.57. The first-order valence-corrected chi connectivity index (χ1v) is 10.2. The van der Waals surface area contributed by atoms with Crippen molar-refractivity contribution in [1.29, 1.82) is 0 Å². The maximum absolute atomic E-state index is 11.9. The SMILES string of the molecule is CCOC(=O)N1CCC2(CC(N3CCC(N4CCCOC4=O)CC3)C2)C1. The van der Waals surface area contributed by atoms with E-state index in [9.17, 15) is 9.59 Å². The topological polar surface area (TPSA) is 62.3 Å². The fraction of sp³-hybridized carbons (Fsp3) is 0.895. The Morgan fingerprint density at radius 2 is 1.96 bits per heavy atom. The fourth-order valence-corrected chi connectivity index (χ4v) is 5.30. The van der Waals surface area contributed by atoms with E-state index in [4.69, 9.17) is 9.47 Å². The van der Waals surface area contributed by atoms with Gasteiger partial charge in [0.1, 0.15) is 0 Å². The van der Waals surface area contributed by atoms with Crippen molar-refractivity contribution in [2.75, 3.05) is 45.9 Å². The number of ether oxygens (including phenoxy) is 2. The molecule has 4 rings (SSSR count). The zero-order valence-electron chi connectivity index (χ0n) is 15.8. The molecule has 26 heavy (non-hydrogen) atoms. The van der Waals surface area contributed by atoms with Gasteiger partial charge in [0.2, 0.25) is 0 Å². The van der Waals surface area contributed by atoms with Gasteiger partial charge in [0.05, 0.1) is 13.2 Å². The van der Waals surface area contributed by atoms with Gasteiger partial charge in [-0.25, -0.2) is 9.59 Å². The molecule has 0 aromatic heterocycles. The Balaban J connectivity index is 1.22. The average molecular weight is 365 g/mol. The van der Waals surface area contributed by atoms with E-state index in [0.717, 1.165) is 58.4 Å². The summed E-state index contributed by atoms with van der Waals surface area (Å²) in [4.78, 5) is 30.3. The van der Waals surface area contributed by atoms with Crippen molar-refractivity contribution in [3.05, 3.63) is 0 Å². The molecule has 7 nitrogen and oxygen atoms in total. The Labute approximate surface area is 155 Å². The molecular weight excluding hydrogens is 334 g/mol. The predicted molar refractivity (Wildman–Crippen MR) is 95.9 cm³/mol. The van der Waals surface area contributed by atoms with Gasteiger partial charge in [-0.1, -0.05) is 0 Å². The van der Waals surface area contributed by atoms with Crippen LogP contribution in [0.15, 0.2) is 0 Å². The summed E-state index contributed by atoms with van der Waals surface area (Å²) < 4.78 is 10.3. The highest BCUT2D eigenvalue weighted by atomic mass is 16.6. The Bertz CT molecular complexity index is 541. The van der Waals surface area contributed by atoms with Crippen LogP contribution in [-0.4, -0.2) is 84.9 Å². The van der Waals surface area contributed by atoms with Crippen LogP contribution in [0.25, 0.3) is 0 Å². The molecule has 1 aliphatic carbocycles. The van der Waals surface area contributed by atoms with Crippen LogP contribution in [0, 0.1) is 5.41 Å². The Kier molecular flexibility index (Phi) is 4.99. The number of carbonyl (C=O) groups is 2. The number of likely N-dealkylation sites (tertiary alicyclic amines) is 2. The van der Waals surface area contributed by atoms with Gasteiger partial charge in [0, 0.05) is 44.8 Å². The van der Waals surface area contributed by atoms with Crippen molar-refractivity contribution < 1.29 is 19.1 Å². The van der Waals surface area contributed by atoms with E-state index in [1.54, 1.807) is 0 Å². The molecule has 0 aromatic rings. The highest BCUT2D eigenvalue weighted by Crippen LogP contribution is 2.50. The number of hydrogen-bond donors (Lipinski definition) is 0. The monoisotopic (exact) mass is 365 g/mol. The van der Waals surface area contributed by atoms with Crippen molar-refractivity contribution in [1.82, 2.24) is 14.7 Å². The van der Waals surface area contributed by atoms with Gasteiger partial charge in [-0.3, -0.25) is 0 Å². The van der Waals surface area contributed by atoms with E-state index in [1.165, 1.54) is 12.8 Å². The number of hydrogen-bond acceptors (Lipinski definition) is 5. The van der Waals surface area contributed by atoms with Gasteiger partial charge in [-0.2, -0.15) is 0 Å². The summed E-state index contributed by atoms with van der Waals surface area (Å²) in [6, 6.07) is 0.991. The lowest BCUT2D eigenvalue weighted by atomic mass is 9.64. The van der Waals surface area contributed by atoms with Gasteiger partial charge in [-0.15, -0.1) is 0 Å². The minimum Gasteiger partial charge on any atom is -0.450 e. The molecule has 7 heteroatoms. The Morgan fingerprint density at radius 3 is 2.65 bits per heavy atom. The highest BCUT2D eigenvalue weighted by molar-refractivity contribution is 5.68. The van der Waals surface area contributed by atoms with Crippen molar-refractivity contribution in [3.8, 4) is 0 Å². The fourth-order valence-electron chi connectivity index (χ4n) is 5.30. The van der Waals surface area contributed by atoms with Gasteiger partial charge < -0.3 is 24.2 Å². The molecule has 0 radical (unpaired) electrons. The number of cyclic esters (lactones) is 1. The number of carbonyl (C=O) groups excluding carboxylic acids is 2. The first kappa shape index (κ1) is 17.9. The third kappa shape index (κ3) is 3.38. The standard InChI is InChI=1S/C19H31N3O4/c1-2-25-17(23)21-10-6-19(14-21)12-16(13-19)20-8-4-15(5-9-20)22-7-3-11-26-18(22)24/h15-16H,2-14H2,1H3. The molecule has 0 N–H and O–H groups in total. The number of nitrogens with zero attached hydrogens (tertiary/aromatic N) is 3. The van der Waals surface area contributed by atoms with Crippen molar-refractivity contribution in [2.45, 2.75) is 57.5 Å². The molecule has 2 amide bonds. The second kappa shape index (κ2) is 7.25. The van der Waals surface area contributed by atoms with Crippen molar-refractivity contribution in [2.24, 2.45) is 5.41 Å².